The van der Waals surface area contributed by atoms with Crippen LogP contribution >= 0.6 is 11.5 Å². The topological polar surface area (TPSA) is 77.8 Å². The van der Waals surface area contributed by atoms with E-state index in [4.69, 9.17) is 11.5 Å². The van der Waals surface area contributed by atoms with Crippen molar-refractivity contribution in [2.24, 2.45) is 11.5 Å². The highest BCUT2D eigenvalue weighted by molar-refractivity contribution is 7.05. The summed E-state index contributed by atoms with van der Waals surface area (Å²) in [6.45, 7) is 4.11. The summed E-state index contributed by atoms with van der Waals surface area (Å²) in [6, 6.07) is 8.11. The van der Waals surface area contributed by atoms with E-state index >= 15 is 0 Å². The molecule has 2 atom stereocenters. The van der Waals surface area contributed by atoms with Crippen LogP contribution in [-0.4, -0.2) is 15.4 Å². The lowest BCUT2D eigenvalue weighted by atomic mass is 10.1. The van der Waals surface area contributed by atoms with Crippen LogP contribution < -0.4 is 11.5 Å². The molecular formula is C14H20N4S. The summed E-state index contributed by atoms with van der Waals surface area (Å²) in [6.07, 6.45) is 1.58. The van der Waals surface area contributed by atoms with Crippen molar-refractivity contribution in [1.29, 1.82) is 0 Å². The molecule has 0 amide bonds. The van der Waals surface area contributed by atoms with Gasteiger partial charge in [0.25, 0.3) is 0 Å². The Balaban J connectivity index is 2.09. The van der Waals surface area contributed by atoms with E-state index in [1.807, 2.05) is 6.92 Å². The Hall–Kier alpha value is -1.30. The Kier molecular flexibility index (Phi) is 4.63. The molecule has 0 bridgehead atoms. The van der Waals surface area contributed by atoms with Gasteiger partial charge in [0.1, 0.15) is 10.8 Å². The quantitative estimate of drug-likeness (QED) is 0.877. The summed E-state index contributed by atoms with van der Waals surface area (Å²) in [7, 11) is 0. The Morgan fingerprint density at radius 3 is 2.79 bits per heavy atom. The molecule has 2 rings (SSSR count). The first-order valence-electron chi connectivity index (χ1n) is 6.49. The number of benzene rings is 1. The summed E-state index contributed by atoms with van der Waals surface area (Å²) in [4.78, 5) is 4.51. The molecule has 0 saturated carbocycles. The number of rotatable bonds is 5. The third-order valence-corrected chi connectivity index (χ3v) is 4.00. The van der Waals surface area contributed by atoms with E-state index in [2.05, 4.69) is 40.5 Å². The standard InChI is InChI=1S/C14H20N4S/c1-3-11(15)13(16)14-17-12(18-19-14)8-10-6-4-5-9(2)7-10/h4-7,11,13H,3,8,15-16H2,1-2H3. The van der Waals surface area contributed by atoms with Gasteiger partial charge in [0.05, 0.1) is 6.04 Å². The fraction of sp³-hybridized carbons (Fsp3) is 0.429. The summed E-state index contributed by atoms with van der Waals surface area (Å²) in [5.74, 6) is 0.823. The first kappa shape index (κ1) is 14.1. The van der Waals surface area contributed by atoms with Crippen molar-refractivity contribution in [3.05, 3.63) is 46.2 Å². The Labute approximate surface area is 118 Å². The van der Waals surface area contributed by atoms with E-state index in [1.54, 1.807) is 0 Å². The molecule has 4 nitrogen and oxygen atoms in total. The number of hydrogen-bond donors (Lipinski definition) is 2. The van der Waals surface area contributed by atoms with Crippen molar-refractivity contribution in [2.75, 3.05) is 0 Å². The number of nitrogens with two attached hydrogens (primary N) is 2. The van der Waals surface area contributed by atoms with Crippen LogP contribution in [-0.2, 0) is 6.42 Å². The van der Waals surface area contributed by atoms with Crippen LogP contribution in [0.15, 0.2) is 24.3 Å². The largest absolute Gasteiger partial charge is 0.326 e. The molecule has 102 valence electrons. The zero-order valence-corrected chi connectivity index (χ0v) is 12.2. The number of nitrogens with zero attached hydrogens (tertiary/aromatic N) is 2. The fourth-order valence-electron chi connectivity index (χ4n) is 1.92. The van der Waals surface area contributed by atoms with Crippen molar-refractivity contribution in [2.45, 2.75) is 38.8 Å². The van der Waals surface area contributed by atoms with Crippen LogP contribution in [0.1, 0.15) is 41.3 Å². The molecule has 2 unspecified atom stereocenters. The molecular weight excluding hydrogens is 256 g/mol. The molecule has 1 heterocycles. The molecule has 0 aliphatic carbocycles. The fourth-order valence-corrected chi connectivity index (χ4v) is 2.66. The maximum absolute atomic E-state index is 6.06. The molecule has 5 heteroatoms. The van der Waals surface area contributed by atoms with Gasteiger partial charge in [-0.2, -0.15) is 4.37 Å². The molecule has 0 aliphatic rings. The molecule has 0 saturated heterocycles. The van der Waals surface area contributed by atoms with E-state index in [9.17, 15) is 0 Å². The lowest BCUT2D eigenvalue weighted by Crippen LogP contribution is -2.33. The first-order valence-corrected chi connectivity index (χ1v) is 7.26. The van der Waals surface area contributed by atoms with Gasteiger partial charge in [0, 0.05) is 12.5 Å². The van der Waals surface area contributed by atoms with E-state index < -0.39 is 0 Å². The molecule has 1 aromatic heterocycles. The zero-order valence-electron chi connectivity index (χ0n) is 11.3. The monoisotopic (exact) mass is 276 g/mol. The van der Waals surface area contributed by atoms with Crippen LogP contribution in [0.4, 0.5) is 0 Å². The minimum Gasteiger partial charge on any atom is -0.326 e. The highest BCUT2D eigenvalue weighted by atomic mass is 32.1. The van der Waals surface area contributed by atoms with Gasteiger partial charge in [-0.1, -0.05) is 36.8 Å². The van der Waals surface area contributed by atoms with Gasteiger partial charge in [-0.15, -0.1) is 0 Å². The second-order valence-electron chi connectivity index (χ2n) is 4.81. The molecule has 0 spiro atoms. The normalized spacial score (nSPS) is 14.3. The number of hydrogen-bond acceptors (Lipinski definition) is 5. The van der Waals surface area contributed by atoms with Gasteiger partial charge < -0.3 is 11.5 Å². The molecule has 1 aromatic carbocycles. The van der Waals surface area contributed by atoms with Crippen LogP contribution in [0.2, 0.25) is 0 Å². The minimum atomic E-state index is -0.214. The second kappa shape index (κ2) is 6.23. The van der Waals surface area contributed by atoms with Crippen LogP contribution in [0.25, 0.3) is 0 Å². The minimum absolute atomic E-state index is 0.0558. The van der Waals surface area contributed by atoms with Crippen LogP contribution in [0.5, 0.6) is 0 Å². The van der Waals surface area contributed by atoms with Crippen molar-refractivity contribution in [1.82, 2.24) is 9.36 Å². The Morgan fingerprint density at radius 2 is 2.11 bits per heavy atom. The van der Waals surface area contributed by atoms with Gasteiger partial charge in [0.15, 0.2) is 0 Å². The predicted octanol–water partition coefficient (Wildman–Crippen LogP) is 2.17. The van der Waals surface area contributed by atoms with E-state index in [-0.39, 0.29) is 12.1 Å². The molecule has 19 heavy (non-hydrogen) atoms. The third kappa shape index (κ3) is 3.59. The summed E-state index contributed by atoms with van der Waals surface area (Å²) in [5.41, 5.74) is 14.5. The van der Waals surface area contributed by atoms with Crippen molar-refractivity contribution < 1.29 is 0 Å². The van der Waals surface area contributed by atoms with Gasteiger partial charge >= 0.3 is 0 Å². The molecule has 0 aliphatic heterocycles. The molecule has 2 aromatic rings. The van der Waals surface area contributed by atoms with Gasteiger partial charge in [-0.05, 0) is 30.4 Å². The van der Waals surface area contributed by atoms with E-state index in [0.717, 1.165) is 23.7 Å². The Morgan fingerprint density at radius 1 is 1.32 bits per heavy atom. The third-order valence-electron chi connectivity index (χ3n) is 3.15. The summed E-state index contributed by atoms with van der Waals surface area (Å²) < 4.78 is 4.37. The number of aryl methyl sites for hydroxylation is 1. The predicted molar refractivity (Wildman–Crippen MR) is 79.1 cm³/mol. The van der Waals surface area contributed by atoms with E-state index in [0.29, 0.717) is 0 Å². The first-order chi connectivity index (χ1) is 9.10. The SMILES string of the molecule is CCC(N)C(N)c1nc(Cc2cccc(C)c2)ns1. The maximum atomic E-state index is 6.06. The highest BCUT2D eigenvalue weighted by Crippen LogP contribution is 2.18. The number of aromatic nitrogens is 2. The smallest absolute Gasteiger partial charge is 0.147 e. The lowest BCUT2D eigenvalue weighted by molar-refractivity contribution is 0.529. The maximum Gasteiger partial charge on any atom is 0.147 e. The van der Waals surface area contributed by atoms with Crippen molar-refractivity contribution in [3.63, 3.8) is 0 Å². The van der Waals surface area contributed by atoms with Crippen molar-refractivity contribution >= 4 is 11.5 Å². The van der Waals surface area contributed by atoms with Gasteiger partial charge in [-0.3, -0.25) is 0 Å². The molecule has 0 fully saturated rings. The van der Waals surface area contributed by atoms with Gasteiger partial charge in [0.2, 0.25) is 0 Å². The zero-order chi connectivity index (χ0) is 13.8. The Bertz CT molecular complexity index is 538. The molecule has 4 N–H and O–H groups in total. The van der Waals surface area contributed by atoms with E-state index in [1.165, 1.54) is 22.7 Å². The van der Waals surface area contributed by atoms with Crippen LogP contribution in [0.3, 0.4) is 0 Å². The average molecular weight is 276 g/mol. The second-order valence-corrected chi connectivity index (χ2v) is 5.60. The van der Waals surface area contributed by atoms with Gasteiger partial charge in [-0.25, -0.2) is 4.98 Å². The summed E-state index contributed by atoms with van der Waals surface area (Å²) in [5, 5.41) is 0.831. The average Bonchev–Trinajstić information content (AvgIpc) is 2.85. The van der Waals surface area contributed by atoms with Crippen LogP contribution in [0, 0.1) is 6.92 Å². The van der Waals surface area contributed by atoms with Crippen molar-refractivity contribution in [3.8, 4) is 0 Å². The molecule has 0 radical (unpaired) electrons. The summed E-state index contributed by atoms with van der Waals surface area (Å²) >= 11 is 1.36. The highest BCUT2D eigenvalue weighted by Gasteiger charge is 2.18. The lowest BCUT2D eigenvalue weighted by Gasteiger charge is -2.14.